The van der Waals surface area contributed by atoms with E-state index in [4.69, 9.17) is 11.6 Å². The second-order valence-electron chi connectivity index (χ2n) is 5.87. The molecule has 1 nitrogen and oxygen atoms in total. The Labute approximate surface area is 99.2 Å². The Bertz CT molecular complexity index is 217. The number of likely N-dealkylation sites (tertiary alicyclic amines) is 1. The molecule has 0 aromatic rings. The van der Waals surface area contributed by atoms with Gasteiger partial charge in [-0.1, -0.05) is 13.8 Å². The maximum Gasteiger partial charge on any atom is 0.0339 e. The summed E-state index contributed by atoms with van der Waals surface area (Å²) in [5, 5.41) is 0.459. The van der Waals surface area contributed by atoms with Gasteiger partial charge in [0, 0.05) is 24.5 Å². The summed E-state index contributed by atoms with van der Waals surface area (Å²) in [7, 11) is 0. The Morgan fingerprint density at radius 1 is 1.07 bits per heavy atom. The van der Waals surface area contributed by atoms with Gasteiger partial charge in [0.25, 0.3) is 0 Å². The standard InChI is InChI=1S/C13H24ClN/c1-9(2)10(3)15-7-11-4-5-13(14)6-12(11)8-15/h9-13H,4-8H2,1-3H3. The smallest absolute Gasteiger partial charge is 0.0339 e. The van der Waals surface area contributed by atoms with Gasteiger partial charge in [-0.2, -0.15) is 0 Å². The van der Waals surface area contributed by atoms with Crippen LogP contribution >= 0.6 is 11.6 Å². The average molecular weight is 230 g/mol. The third-order valence-electron chi connectivity index (χ3n) is 4.55. The van der Waals surface area contributed by atoms with E-state index in [1.165, 1.54) is 32.4 Å². The SMILES string of the molecule is CC(C)C(C)N1CC2CCC(Cl)CC2C1. The van der Waals surface area contributed by atoms with Crippen LogP contribution in [0.2, 0.25) is 0 Å². The molecular formula is C13H24ClN. The molecule has 88 valence electrons. The highest BCUT2D eigenvalue weighted by Gasteiger charge is 2.38. The number of hydrogen-bond donors (Lipinski definition) is 0. The van der Waals surface area contributed by atoms with E-state index in [-0.39, 0.29) is 0 Å². The highest BCUT2D eigenvalue weighted by Crippen LogP contribution is 2.39. The predicted molar refractivity (Wildman–Crippen MR) is 66.3 cm³/mol. The molecule has 0 N–H and O–H groups in total. The summed E-state index contributed by atoms with van der Waals surface area (Å²) >= 11 is 6.25. The minimum atomic E-state index is 0.459. The van der Waals surface area contributed by atoms with Crippen LogP contribution in [0.4, 0.5) is 0 Å². The third kappa shape index (κ3) is 2.50. The monoisotopic (exact) mass is 229 g/mol. The number of hydrogen-bond acceptors (Lipinski definition) is 1. The summed E-state index contributed by atoms with van der Waals surface area (Å²) < 4.78 is 0. The van der Waals surface area contributed by atoms with Gasteiger partial charge in [-0.05, 0) is 43.9 Å². The van der Waals surface area contributed by atoms with Gasteiger partial charge < -0.3 is 0 Å². The zero-order valence-corrected chi connectivity index (χ0v) is 11.0. The molecule has 1 saturated heterocycles. The van der Waals surface area contributed by atoms with E-state index in [1.54, 1.807) is 0 Å². The van der Waals surface area contributed by atoms with E-state index in [0.29, 0.717) is 5.38 Å². The molecule has 2 aliphatic rings. The Morgan fingerprint density at radius 3 is 2.40 bits per heavy atom. The highest BCUT2D eigenvalue weighted by molar-refractivity contribution is 6.20. The molecule has 0 amide bonds. The van der Waals surface area contributed by atoms with Crippen molar-refractivity contribution in [3.63, 3.8) is 0 Å². The fraction of sp³-hybridized carbons (Fsp3) is 1.00. The largest absolute Gasteiger partial charge is 0.300 e. The zero-order chi connectivity index (χ0) is 11.0. The quantitative estimate of drug-likeness (QED) is 0.657. The number of alkyl halides is 1. The van der Waals surface area contributed by atoms with Crippen molar-refractivity contribution in [1.29, 1.82) is 0 Å². The Balaban J connectivity index is 1.93. The van der Waals surface area contributed by atoms with Crippen LogP contribution < -0.4 is 0 Å². The van der Waals surface area contributed by atoms with Gasteiger partial charge in [-0.25, -0.2) is 0 Å². The number of nitrogens with zero attached hydrogens (tertiary/aromatic N) is 1. The van der Waals surface area contributed by atoms with Gasteiger partial charge in [0.15, 0.2) is 0 Å². The second kappa shape index (κ2) is 4.63. The molecule has 0 bridgehead atoms. The summed E-state index contributed by atoms with van der Waals surface area (Å²) in [6.45, 7) is 9.66. The Kier molecular flexibility index (Phi) is 3.62. The van der Waals surface area contributed by atoms with Crippen LogP contribution in [0, 0.1) is 17.8 Å². The fourth-order valence-corrected chi connectivity index (χ4v) is 3.52. The number of rotatable bonds is 2. The zero-order valence-electron chi connectivity index (χ0n) is 10.2. The van der Waals surface area contributed by atoms with E-state index in [0.717, 1.165) is 23.8 Å². The van der Waals surface area contributed by atoms with Gasteiger partial charge >= 0.3 is 0 Å². The van der Waals surface area contributed by atoms with Crippen molar-refractivity contribution < 1.29 is 0 Å². The summed E-state index contributed by atoms with van der Waals surface area (Å²) in [6, 6.07) is 0.740. The lowest BCUT2D eigenvalue weighted by atomic mass is 9.82. The van der Waals surface area contributed by atoms with Crippen LogP contribution in [0.15, 0.2) is 0 Å². The molecule has 0 radical (unpaired) electrons. The summed E-state index contributed by atoms with van der Waals surface area (Å²) in [6.07, 6.45) is 3.86. The molecular weight excluding hydrogens is 206 g/mol. The van der Waals surface area contributed by atoms with Gasteiger partial charge in [-0.15, -0.1) is 11.6 Å². The summed E-state index contributed by atoms with van der Waals surface area (Å²) in [4.78, 5) is 2.69. The lowest BCUT2D eigenvalue weighted by Crippen LogP contribution is -2.35. The maximum atomic E-state index is 6.25. The topological polar surface area (TPSA) is 3.24 Å². The van der Waals surface area contributed by atoms with Crippen molar-refractivity contribution in [2.24, 2.45) is 17.8 Å². The molecule has 1 aliphatic carbocycles. The van der Waals surface area contributed by atoms with Crippen LogP contribution in [-0.4, -0.2) is 29.4 Å². The molecule has 15 heavy (non-hydrogen) atoms. The Hall–Kier alpha value is 0.250. The van der Waals surface area contributed by atoms with Gasteiger partial charge in [0.2, 0.25) is 0 Å². The van der Waals surface area contributed by atoms with Crippen molar-refractivity contribution in [2.45, 2.75) is 51.5 Å². The molecule has 0 aromatic carbocycles. The van der Waals surface area contributed by atoms with Crippen molar-refractivity contribution in [2.75, 3.05) is 13.1 Å². The number of halogens is 1. The van der Waals surface area contributed by atoms with Crippen molar-refractivity contribution >= 4 is 11.6 Å². The molecule has 4 atom stereocenters. The molecule has 4 unspecified atom stereocenters. The van der Waals surface area contributed by atoms with Gasteiger partial charge in [0.1, 0.15) is 0 Å². The molecule has 0 spiro atoms. The lowest BCUT2D eigenvalue weighted by Gasteiger charge is -2.27. The van der Waals surface area contributed by atoms with E-state index < -0.39 is 0 Å². The summed E-state index contributed by atoms with van der Waals surface area (Å²) in [5.41, 5.74) is 0. The first-order chi connectivity index (χ1) is 7.08. The first-order valence-electron chi connectivity index (χ1n) is 6.46. The van der Waals surface area contributed by atoms with Crippen molar-refractivity contribution in [3.8, 4) is 0 Å². The lowest BCUT2D eigenvalue weighted by molar-refractivity contribution is 0.198. The Morgan fingerprint density at radius 2 is 1.73 bits per heavy atom. The maximum absolute atomic E-state index is 6.25. The van der Waals surface area contributed by atoms with Crippen molar-refractivity contribution in [1.82, 2.24) is 4.90 Å². The first kappa shape index (κ1) is 11.7. The predicted octanol–water partition coefficient (Wildman–Crippen LogP) is 3.37. The van der Waals surface area contributed by atoms with Crippen molar-refractivity contribution in [3.05, 3.63) is 0 Å². The molecule has 2 heteroatoms. The van der Waals surface area contributed by atoms with E-state index in [2.05, 4.69) is 25.7 Å². The normalized spacial score (nSPS) is 39.4. The molecule has 2 fully saturated rings. The van der Waals surface area contributed by atoms with Crippen LogP contribution in [0.1, 0.15) is 40.0 Å². The molecule has 0 aromatic heterocycles. The van der Waals surface area contributed by atoms with E-state index in [9.17, 15) is 0 Å². The first-order valence-corrected chi connectivity index (χ1v) is 6.89. The van der Waals surface area contributed by atoms with Crippen LogP contribution in [0.5, 0.6) is 0 Å². The van der Waals surface area contributed by atoms with Gasteiger partial charge in [0.05, 0.1) is 0 Å². The number of fused-ring (bicyclic) bond motifs is 1. The minimum Gasteiger partial charge on any atom is -0.300 e. The van der Waals surface area contributed by atoms with E-state index >= 15 is 0 Å². The molecule has 1 saturated carbocycles. The summed E-state index contributed by atoms with van der Waals surface area (Å²) in [5.74, 6) is 2.61. The highest BCUT2D eigenvalue weighted by atomic mass is 35.5. The van der Waals surface area contributed by atoms with Crippen LogP contribution in [0.3, 0.4) is 0 Å². The fourth-order valence-electron chi connectivity index (χ4n) is 3.16. The minimum absolute atomic E-state index is 0.459. The second-order valence-corrected chi connectivity index (χ2v) is 6.49. The average Bonchev–Trinajstić information content (AvgIpc) is 2.58. The van der Waals surface area contributed by atoms with Crippen LogP contribution in [0.25, 0.3) is 0 Å². The third-order valence-corrected chi connectivity index (χ3v) is 4.95. The molecule has 1 heterocycles. The van der Waals surface area contributed by atoms with Gasteiger partial charge in [-0.3, -0.25) is 4.90 Å². The molecule has 2 rings (SSSR count). The van der Waals surface area contributed by atoms with Crippen LogP contribution in [-0.2, 0) is 0 Å². The van der Waals surface area contributed by atoms with E-state index in [1.807, 2.05) is 0 Å². The molecule has 1 aliphatic heterocycles.